The van der Waals surface area contributed by atoms with Crippen molar-refractivity contribution in [2.24, 2.45) is 5.16 Å². The lowest BCUT2D eigenvalue weighted by molar-refractivity contribution is 0.320. The van der Waals surface area contributed by atoms with Crippen LogP contribution in [0.3, 0.4) is 0 Å². The van der Waals surface area contributed by atoms with Crippen molar-refractivity contribution in [3.8, 4) is 6.07 Å². The zero-order chi connectivity index (χ0) is 8.81. The maximum atomic E-state index is 8.66. The van der Waals surface area contributed by atoms with E-state index >= 15 is 0 Å². The summed E-state index contributed by atoms with van der Waals surface area (Å²) in [5, 5.41) is 19.7. The molecule has 0 amide bonds. The molecule has 60 valence electrons. The number of benzene rings is 1. The first-order valence-electron chi connectivity index (χ1n) is 3.50. The Hall–Kier alpha value is -1.82. The van der Waals surface area contributed by atoms with Gasteiger partial charge in [-0.2, -0.15) is 5.26 Å². The summed E-state index contributed by atoms with van der Waals surface area (Å²) in [6, 6.07) is 11.2. The zero-order valence-electron chi connectivity index (χ0n) is 6.38. The van der Waals surface area contributed by atoms with Crippen molar-refractivity contribution < 1.29 is 5.21 Å². The van der Waals surface area contributed by atoms with Crippen molar-refractivity contribution >= 4 is 6.21 Å². The Bertz CT molecular complexity index is 300. The Labute approximate surface area is 70.6 Å². The van der Waals surface area contributed by atoms with Gasteiger partial charge in [-0.15, -0.1) is 5.16 Å². The highest BCUT2D eigenvalue weighted by molar-refractivity contribution is 5.70. The standard InChI is InChI=1S/C9H8N2O/c10-6-9(7-11-12)8-4-2-1-3-5-8/h1-5,7,9,12H/b11-7-. The van der Waals surface area contributed by atoms with E-state index in [2.05, 4.69) is 5.16 Å². The van der Waals surface area contributed by atoms with Crippen LogP contribution >= 0.6 is 0 Å². The van der Waals surface area contributed by atoms with Crippen LogP contribution in [0, 0.1) is 11.3 Å². The highest BCUT2D eigenvalue weighted by Gasteiger charge is 2.05. The van der Waals surface area contributed by atoms with Gasteiger partial charge >= 0.3 is 0 Å². The number of nitrogens with zero attached hydrogens (tertiary/aromatic N) is 2. The molecular weight excluding hydrogens is 152 g/mol. The largest absolute Gasteiger partial charge is 0.411 e. The molecule has 0 saturated heterocycles. The monoisotopic (exact) mass is 160 g/mol. The molecule has 1 rings (SSSR count). The lowest BCUT2D eigenvalue weighted by Gasteiger charge is -2.00. The van der Waals surface area contributed by atoms with Crippen molar-refractivity contribution in [1.82, 2.24) is 0 Å². The lowest BCUT2D eigenvalue weighted by Crippen LogP contribution is -1.95. The second-order valence-corrected chi connectivity index (χ2v) is 2.28. The van der Waals surface area contributed by atoms with Gasteiger partial charge < -0.3 is 5.21 Å². The SMILES string of the molecule is N#CC(/C=N\O)c1ccccc1. The van der Waals surface area contributed by atoms with Gasteiger partial charge in [0.2, 0.25) is 0 Å². The first-order valence-corrected chi connectivity index (χ1v) is 3.50. The molecule has 0 aliphatic heterocycles. The van der Waals surface area contributed by atoms with E-state index in [0.29, 0.717) is 0 Å². The molecule has 0 aliphatic carbocycles. The van der Waals surface area contributed by atoms with E-state index in [1.54, 1.807) is 0 Å². The summed E-state index contributed by atoms with van der Waals surface area (Å²) in [5.74, 6) is -0.462. The maximum Gasteiger partial charge on any atom is 0.110 e. The molecule has 0 fully saturated rings. The van der Waals surface area contributed by atoms with E-state index < -0.39 is 5.92 Å². The molecule has 12 heavy (non-hydrogen) atoms. The summed E-state index contributed by atoms with van der Waals surface area (Å²) in [5.41, 5.74) is 0.831. The van der Waals surface area contributed by atoms with Crippen LogP contribution in [0.5, 0.6) is 0 Å². The molecule has 0 aliphatic rings. The smallest absolute Gasteiger partial charge is 0.110 e. The van der Waals surface area contributed by atoms with Gasteiger partial charge in [0.25, 0.3) is 0 Å². The van der Waals surface area contributed by atoms with Crippen LogP contribution < -0.4 is 0 Å². The molecule has 0 saturated carbocycles. The number of hydrogen-bond acceptors (Lipinski definition) is 3. The van der Waals surface area contributed by atoms with Gasteiger partial charge in [0.15, 0.2) is 0 Å². The molecule has 1 N–H and O–H groups in total. The molecule has 0 spiro atoms. The molecule has 1 aromatic rings. The first-order chi connectivity index (χ1) is 5.88. The van der Waals surface area contributed by atoms with Crippen molar-refractivity contribution in [3.63, 3.8) is 0 Å². The molecule has 3 heteroatoms. The predicted octanol–water partition coefficient (Wildman–Crippen LogP) is 1.75. The highest BCUT2D eigenvalue weighted by Crippen LogP contribution is 2.11. The summed E-state index contributed by atoms with van der Waals surface area (Å²) >= 11 is 0. The van der Waals surface area contributed by atoms with E-state index in [1.807, 2.05) is 36.4 Å². The second kappa shape index (κ2) is 4.14. The molecule has 1 aromatic carbocycles. The van der Waals surface area contributed by atoms with E-state index in [4.69, 9.17) is 10.5 Å². The van der Waals surface area contributed by atoms with Gasteiger partial charge in [0.05, 0.1) is 12.3 Å². The number of rotatable bonds is 2. The summed E-state index contributed by atoms with van der Waals surface area (Å²) < 4.78 is 0. The summed E-state index contributed by atoms with van der Waals surface area (Å²) in [7, 11) is 0. The fourth-order valence-electron chi connectivity index (χ4n) is 0.921. The van der Waals surface area contributed by atoms with Crippen molar-refractivity contribution in [2.75, 3.05) is 0 Å². The molecule has 0 aromatic heterocycles. The van der Waals surface area contributed by atoms with Crippen LogP contribution in [0.2, 0.25) is 0 Å². The average Bonchev–Trinajstić information content (AvgIpc) is 2.15. The second-order valence-electron chi connectivity index (χ2n) is 2.28. The van der Waals surface area contributed by atoms with E-state index in [9.17, 15) is 0 Å². The Kier molecular flexibility index (Phi) is 2.86. The summed E-state index contributed by atoms with van der Waals surface area (Å²) in [6.45, 7) is 0. The van der Waals surface area contributed by atoms with E-state index in [-0.39, 0.29) is 0 Å². The third-order valence-corrected chi connectivity index (χ3v) is 1.51. The number of nitriles is 1. The zero-order valence-corrected chi connectivity index (χ0v) is 6.38. The van der Waals surface area contributed by atoms with Crippen molar-refractivity contribution in [2.45, 2.75) is 5.92 Å². The van der Waals surface area contributed by atoms with Gasteiger partial charge in [-0.3, -0.25) is 0 Å². The minimum atomic E-state index is -0.462. The van der Waals surface area contributed by atoms with Crippen molar-refractivity contribution in [1.29, 1.82) is 5.26 Å². The summed E-state index contributed by atoms with van der Waals surface area (Å²) in [4.78, 5) is 0. The van der Waals surface area contributed by atoms with Gasteiger partial charge in [0.1, 0.15) is 5.92 Å². The molecular formula is C9H8N2O. The van der Waals surface area contributed by atoms with Gasteiger partial charge in [-0.05, 0) is 5.56 Å². The Morgan fingerprint density at radius 2 is 2.08 bits per heavy atom. The third kappa shape index (κ3) is 1.83. The Morgan fingerprint density at radius 3 is 2.58 bits per heavy atom. The molecule has 3 nitrogen and oxygen atoms in total. The minimum Gasteiger partial charge on any atom is -0.411 e. The van der Waals surface area contributed by atoms with Gasteiger partial charge in [-0.1, -0.05) is 30.3 Å². The van der Waals surface area contributed by atoms with E-state index in [0.717, 1.165) is 5.56 Å². The first kappa shape index (κ1) is 8.28. The van der Waals surface area contributed by atoms with Crippen LogP contribution in [-0.2, 0) is 0 Å². The highest BCUT2D eigenvalue weighted by atomic mass is 16.4. The Morgan fingerprint density at radius 1 is 1.42 bits per heavy atom. The molecule has 1 unspecified atom stereocenters. The molecule has 0 radical (unpaired) electrons. The minimum absolute atomic E-state index is 0.462. The van der Waals surface area contributed by atoms with Crippen LogP contribution in [0.25, 0.3) is 0 Å². The van der Waals surface area contributed by atoms with Crippen LogP contribution in [0.4, 0.5) is 0 Å². The summed E-state index contributed by atoms with van der Waals surface area (Å²) in [6.07, 6.45) is 1.20. The number of hydrogen-bond donors (Lipinski definition) is 1. The van der Waals surface area contributed by atoms with Gasteiger partial charge in [-0.25, -0.2) is 0 Å². The maximum absolute atomic E-state index is 8.66. The third-order valence-electron chi connectivity index (χ3n) is 1.51. The normalized spacial score (nSPS) is 12.6. The van der Waals surface area contributed by atoms with Crippen LogP contribution in [0.1, 0.15) is 11.5 Å². The average molecular weight is 160 g/mol. The van der Waals surface area contributed by atoms with Crippen LogP contribution in [-0.4, -0.2) is 11.4 Å². The topological polar surface area (TPSA) is 56.4 Å². The lowest BCUT2D eigenvalue weighted by atomic mass is 10.0. The van der Waals surface area contributed by atoms with Gasteiger partial charge in [0, 0.05) is 0 Å². The molecule has 1 atom stereocenters. The van der Waals surface area contributed by atoms with Crippen molar-refractivity contribution in [3.05, 3.63) is 35.9 Å². The predicted molar refractivity (Wildman–Crippen MR) is 45.1 cm³/mol. The Balaban J connectivity index is 2.90. The quantitative estimate of drug-likeness (QED) is 0.407. The van der Waals surface area contributed by atoms with Crippen LogP contribution in [0.15, 0.2) is 35.5 Å². The number of oxime groups is 1. The molecule has 0 heterocycles. The fraction of sp³-hybridized carbons (Fsp3) is 0.111. The van der Waals surface area contributed by atoms with E-state index in [1.165, 1.54) is 6.21 Å². The molecule has 0 bridgehead atoms. The fourth-order valence-corrected chi connectivity index (χ4v) is 0.921.